The first-order valence-corrected chi connectivity index (χ1v) is 21.4. The topological polar surface area (TPSA) is 129 Å². The van der Waals surface area contributed by atoms with Crippen molar-refractivity contribution in [3.8, 4) is 12.1 Å². The summed E-state index contributed by atoms with van der Waals surface area (Å²) in [4.78, 5) is 43.4. The number of hydrogen-bond acceptors (Lipinski definition) is 7. The molecule has 0 aliphatic carbocycles. The van der Waals surface area contributed by atoms with E-state index in [0.29, 0.717) is 68.5 Å². The Morgan fingerprint density at radius 1 is 0.694 bits per heavy atom. The van der Waals surface area contributed by atoms with E-state index in [0.717, 1.165) is 51.9 Å². The van der Waals surface area contributed by atoms with Crippen molar-refractivity contribution in [1.82, 2.24) is 14.7 Å². The van der Waals surface area contributed by atoms with Gasteiger partial charge in [-0.2, -0.15) is 10.5 Å². The molecule has 2 atom stereocenters. The lowest BCUT2D eigenvalue weighted by atomic mass is 9.93. The van der Waals surface area contributed by atoms with Gasteiger partial charge >= 0.3 is 0 Å². The van der Waals surface area contributed by atoms with Gasteiger partial charge in [-0.05, 0) is 94.2 Å². The van der Waals surface area contributed by atoms with Gasteiger partial charge in [-0.3, -0.25) is 14.5 Å². The molecular formula is C49H43Cl4N5O4. The SMILES string of the molecule is CN(C[C@@H](CC=O)c1ccc(Cl)c(Cl)c1)C(=O)c1cc(C#N)cc2ccccc12.CN(C[C@@H](CCN1CC(O)C1)c1ccc(Cl)c(Cl)c1)C(=O)c1cc(C#N)cc2ccccc12. The number of carbonyl (C=O) groups excluding carboxylic acids is 3. The number of benzene rings is 6. The van der Waals surface area contributed by atoms with Crippen molar-refractivity contribution in [3.63, 3.8) is 0 Å². The van der Waals surface area contributed by atoms with Gasteiger partial charge < -0.3 is 19.7 Å². The number of aliphatic hydroxyl groups excluding tert-OH is 1. The molecule has 0 aromatic heterocycles. The molecule has 2 amide bonds. The van der Waals surface area contributed by atoms with E-state index in [-0.39, 0.29) is 36.2 Å². The van der Waals surface area contributed by atoms with Gasteiger partial charge in [-0.15, -0.1) is 0 Å². The van der Waals surface area contributed by atoms with Crippen LogP contribution in [0.25, 0.3) is 21.5 Å². The summed E-state index contributed by atoms with van der Waals surface area (Å²) in [6.07, 6.45) is 1.63. The molecule has 9 nitrogen and oxygen atoms in total. The maximum atomic E-state index is 13.5. The molecule has 0 spiro atoms. The lowest BCUT2D eigenvalue weighted by molar-refractivity contribution is -0.108. The zero-order valence-corrected chi connectivity index (χ0v) is 37.1. The van der Waals surface area contributed by atoms with Crippen LogP contribution in [0, 0.1) is 22.7 Å². The molecule has 0 bridgehead atoms. The second-order valence-electron chi connectivity index (χ2n) is 15.4. The van der Waals surface area contributed by atoms with Gasteiger partial charge in [0.15, 0.2) is 0 Å². The van der Waals surface area contributed by atoms with Crippen molar-refractivity contribution >= 4 is 86.0 Å². The first-order chi connectivity index (χ1) is 29.8. The fourth-order valence-electron chi connectivity index (χ4n) is 7.73. The summed E-state index contributed by atoms with van der Waals surface area (Å²) in [5, 5.41) is 33.5. The Labute approximate surface area is 381 Å². The number of nitriles is 2. The quantitative estimate of drug-likeness (QED) is 0.114. The third kappa shape index (κ3) is 11.1. The Morgan fingerprint density at radius 3 is 1.58 bits per heavy atom. The minimum Gasteiger partial charge on any atom is -0.390 e. The van der Waals surface area contributed by atoms with Crippen LogP contribution in [-0.4, -0.2) is 90.8 Å². The van der Waals surface area contributed by atoms with Crippen LogP contribution in [0.3, 0.4) is 0 Å². The lowest BCUT2D eigenvalue weighted by Gasteiger charge is -2.37. The van der Waals surface area contributed by atoms with Crippen LogP contribution >= 0.6 is 46.4 Å². The summed E-state index contributed by atoms with van der Waals surface area (Å²) in [6.45, 7) is 2.97. The van der Waals surface area contributed by atoms with Gasteiger partial charge in [0.1, 0.15) is 6.29 Å². The number of rotatable bonds is 13. The molecule has 62 heavy (non-hydrogen) atoms. The molecule has 13 heteroatoms. The van der Waals surface area contributed by atoms with Gasteiger partial charge in [-0.1, -0.05) is 107 Å². The number of carbonyl (C=O) groups is 3. The van der Waals surface area contributed by atoms with Crippen LogP contribution in [0.15, 0.2) is 109 Å². The third-order valence-corrected chi connectivity index (χ3v) is 12.5. The van der Waals surface area contributed by atoms with Crippen molar-refractivity contribution in [1.29, 1.82) is 10.5 Å². The number of fused-ring (bicyclic) bond motifs is 2. The van der Waals surface area contributed by atoms with Gasteiger partial charge in [0.25, 0.3) is 11.8 Å². The standard InChI is InChI=1S/C26H25Cl2N3O2.C23H18Cl2N2O2/c1-30(26(33)23-11-17(13-29)10-19-4-2-3-5-22(19)23)14-20(8-9-31-15-21(32)16-31)18-6-7-24(27)25(28)12-18;1-27(14-18(8-9-28)16-6-7-21(24)22(25)12-16)23(29)20-11-15(13-26)10-17-4-2-3-5-19(17)20/h2-7,10-12,20-21,32H,8-9,14-16H2,1H3;2-7,9-12,18H,8,14H2,1H3/t20-;18-/m11/s1. The van der Waals surface area contributed by atoms with E-state index in [2.05, 4.69) is 17.0 Å². The second-order valence-corrected chi connectivity index (χ2v) is 17.1. The lowest BCUT2D eigenvalue weighted by Crippen LogP contribution is -2.51. The third-order valence-electron chi connectivity index (χ3n) is 11.1. The molecule has 1 aliphatic rings. The van der Waals surface area contributed by atoms with Crippen molar-refractivity contribution in [2.24, 2.45) is 0 Å². The fraction of sp³-hybridized carbons (Fsp3) is 0.245. The predicted molar refractivity (Wildman–Crippen MR) is 247 cm³/mol. The molecule has 1 saturated heterocycles. The van der Waals surface area contributed by atoms with Crippen LogP contribution in [0.1, 0.15) is 67.6 Å². The second kappa shape index (κ2) is 21.1. The number of hydrogen-bond donors (Lipinski definition) is 1. The molecule has 316 valence electrons. The number of aliphatic hydroxyl groups is 1. The average Bonchev–Trinajstić information content (AvgIpc) is 3.27. The molecule has 0 radical (unpaired) electrons. The Morgan fingerprint density at radius 2 is 1.15 bits per heavy atom. The largest absolute Gasteiger partial charge is 0.390 e. The smallest absolute Gasteiger partial charge is 0.254 e. The van der Waals surface area contributed by atoms with Gasteiger partial charge in [-0.25, -0.2) is 0 Å². The highest BCUT2D eigenvalue weighted by molar-refractivity contribution is 6.42. The zero-order chi connectivity index (χ0) is 44.5. The minimum absolute atomic E-state index is 0.0388. The highest BCUT2D eigenvalue weighted by atomic mass is 35.5. The van der Waals surface area contributed by atoms with E-state index in [4.69, 9.17) is 46.4 Å². The average molecular weight is 908 g/mol. The first kappa shape index (κ1) is 46.0. The number of likely N-dealkylation sites (tertiary alicyclic amines) is 1. The monoisotopic (exact) mass is 905 g/mol. The Bertz CT molecular complexity index is 2710. The number of halogens is 4. The normalized spacial score (nSPS) is 13.5. The Kier molecular flexibility index (Phi) is 15.6. The van der Waals surface area contributed by atoms with Gasteiger partial charge in [0, 0.05) is 69.7 Å². The number of amides is 2. The number of likely N-dealkylation sites (N-methyl/N-ethyl adjacent to an activating group) is 2. The highest BCUT2D eigenvalue weighted by Gasteiger charge is 2.27. The van der Waals surface area contributed by atoms with Crippen LogP contribution in [0.2, 0.25) is 20.1 Å². The molecule has 0 unspecified atom stereocenters. The summed E-state index contributed by atoms with van der Waals surface area (Å²) >= 11 is 24.5. The molecule has 6 aromatic carbocycles. The van der Waals surface area contributed by atoms with Gasteiger partial charge in [0.05, 0.1) is 49.5 Å². The summed E-state index contributed by atoms with van der Waals surface area (Å²) in [5.74, 6) is -0.527. The molecule has 1 heterocycles. The number of β-amino-alcohol motifs (C(OH)–C–C–N with tert-alkyl or cyclic N) is 1. The van der Waals surface area contributed by atoms with Crippen molar-refractivity contribution < 1.29 is 19.5 Å². The summed E-state index contributed by atoms with van der Waals surface area (Å²) in [6, 6.07) is 37.0. The molecule has 7 rings (SSSR count). The molecule has 6 aromatic rings. The van der Waals surface area contributed by atoms with E-state index in [1.54, 1.807) is 66.4 Å². The number of aldehydes is 1. The van der Waals surface area contributed by atoms with E-state index >= 15 is 0 Å². The maximum absolute atomic E-state index is 13.5. The first-order valence-electron chi connectivity index (χ1n) is 19.9. The molecular weight excluding hydrogens is 864 g/mol. The zero-order valence-electron chi connectivity index (χ0n) is 34.1. The van der Waals surface area contributed by atoms with Crippen LogP contribution < -0.4 is 0 Å². The minimum atomic E-state index is -0.252. The summed E-state index contributed by atoms with van der Waals surface area (Å²) < 4.78 is 0. The van der Waals surface area contributed by atoms with Crippen LogP contribution in [-0.2, 0) is 4.79 Å². The maximum Gasteiger partial charge on any atom is 0.254 e. The van der Waals surface area contributed by atoms with E-state index in [1.807, 2.05) is 66.7 Å². The number of nitrogens with zero attached hydrogens (tertiary/aromatic N) is 5. The summed E-state index contributed by atoms with van der Waals surface area (Å²) in [5.41, 5.74) is 3.71. The van der Waals surface area contributed by atoms with Crippen LogP contribution in [0.4, 0.5) is 0 Å². The van der Waals surface area contributed by atoms with Crippen molar-refractivity contribution in [2.45, 2.75) is 30.8 Å². The summed E-state index contributed by atoms with van der Waals surface area (Å²) in [7, 11) is 3.47. The van der Waals surface area contributed by atoms with Crippen LogP contribution in [0.5, 0.6) is 0 Å². The Balaban J connectivity index is 0.000000209. The molecule has 1 fully saturated rings. The molecule has 0 saturated carbocycles. The molecule has 1 N–H and O–H groups in total. The fourth-order valence-corrected chi connectivity index (χ4v) is 8.35. The van der Waals surface area contributed by atoms with E-state index in [9.17, 15) is 30.0 Å². The highest BCUT2D eigenvalue weighted by Crippen LogP contribution is 2.32. The molecule has 1 aliphatic heterocycles. The Hall–Kier alpha value is -5.49. The van der Waals surface area contributed by atoms with Crippen molar-refractivity contribution in [3.05, 3.63) is 163 Å². The van der Waals surface area contributed by atoms with Crippen molar-refractivity contribution in [2.75, 3.05) is 46.8 Å². The predicted octanol–water partition coefficient (Wildman–Crippen LogP) is 10.4. The van der Waals surface area contributed by atoms with E-state index < -0.39 is 0 Å². The van der Waals surface area contributed by atoms with Gasteiger partial charge in [0.2, 0.25) is 0 Å². The van der Waals surface area contributed by atoms with E-state index in [1.165, 1.54) is 0 Å².